The van der Waals surface area contributed by atoms with Crippen LogP contribution in [0.1, 0.15) is 32.1 Å². The van der Waals surface area contributed by atoms with E-state index in [1.54, 1.807) is 0 Å². The largest absolute Gasteiger partial charge is 0.377 e. The van der Waals surface area contributed by atoms with Crippen LogP contribution in [0.25, 0.3) is 0 Å². The zero-order valence-electron chi connectivity index (χ0n) is 12.5. The van der Waals surface area contributed by atoms with E-state index >= 15 is 0 Å². The topological polar surface area (TPSA) is 47.4 Å². The van der Waals surface area contributed by atoms with Gasteiger partial charge in [-0.1, -0.05) is 0 Å². The lowest BCUT2D eigenvalue weighted by Gasteiger charge is -2.35. The second-order valence-corrected chi connectivity index (χ2v) is 6.48. The van der Waals surface area contributed by atoms with Crippen molar-refractivity contribution >= 4 is 17.2 Å². The van der Waals surface area contributed by atoms with Crippen molar-refractivity contribution in [1.82, 2.24) is 14.5 Å². The molecule has 1 unspecified atom stereocenters. The summed E-state index contributed by atoms with van der Waals surface area (Å²) in [5.74, 6) is 0.0626. The molecule has 3 rings (SSSR count). The van der Waals surface area contributed by atoms with Gasteiger partial charge in [-0.3, -0.25) is 4.79 Å². The van der Waals surface area contributed by atoms with Crippen LogP contribution in [-0.2, 0) is 11.8 Å². The molecule has 21 heavy (non-hydrogen) atoms. The van der Waals surface area contributed by atoms with E-state index in [2.05, 4.69) is 4.98 Å². The highest BCUT2D eigenvalue weighted by molar-refractivity contribution is 7.13. The molecular formula is C15H19N3O2S. The number of hydrogen-bond acceptors (Lipinski definition) is 4. The van der Waals surface area contributed by atoms with Crippen molar-refractivity contribution in [2.24, 2.45) is 7.05 Å². The van der Waals surface area contributed by atoms with Crippen LogP contribution in [0, 0.1) is 13.8 Å². The molecule has 3 heterocycles. The summed E-state index contributed by atoms with van der Waals surface area (Å²) in [4.78, 5) is 19.9. The van der Waals surface area contributed by atoms with Crippen molar-refractivity contribution in [2.45, 2.75) is 19.9 Å². The molecule has 0 aromatic carbocycles. The van der Waals surface area contributed by atoms with Crippen LogP contribution in [0.4, 0.5) is 0 Å². The minimum absolute atomic E-state index is 0.0342. The first-order valence-electron chi connectivity index (χ1n) is 7.02. The molecule has 2 aromatic heterocycles. The maximum Gasteiger partial charge on any atom is 0.266 e. The second-order valence-electron chi connectivity index (χ2n) is 5.28. The van der Waals surface area contributed by atoms with Crippen molar-refractivity contribution in [2.75, 3.05) is 19.8 Å². The molecule has 1 fully saturated rings. The summed E-state index contributed by atoms with van der Waals surface area (Å²) in [6.45, 7) is 5.58. The van der Waals surface area contributed by atoms with Gasteiger partial charge in [0.05, 0.1) is 30.0 Å². The minimum atomic E-state index is -0.0342. The summed E-state index contributed by atoms with van der Waals surface area (Å²) in [7, 11) is 1.99. The Morgan fingerprint density at radius 1 is 1.48 bits per heavy atom. The highest BCUT2D eigenvalue weighted by atomic mass is 32.1. The van der Waals surface area contributed by atoms with E-state index in [9.17, 15) is 4.79 Å². The van der Waals surface area contributed by atoms with E-state index in [-0.39, 0.29) is 11.9 Å². The monoisotopic (exact) mass is 305 g/mol. The molecule has 0 spiro atoms. The molecule has 0 bridgehead atoms. The standard InChI is InChI=1S/C15H19N3O2S/c1-10-14(21-11(2)16-10)15(19)18-7-8-20-9-13(18)12-5-4-6-17(12)3/h4-6,13H,7-9H2,1-3H3. The normalized spacial score (nSPS) is 19.0. The average molecular weight is 305 g/mol. The van der Waals surface area contributed by atoms with Gasteiger partial charge < -0.3 is 14.2 Å². The number of aromatic nitrogens is 2. The first-order valence-corrected chi connectivity index (χ1v) is 7.83. The highest BCUT2D eigenvalue weighted by Gasteiger charge is 2.32. The van der Waals surface area contributed by atoms with Gasteiger partial charge >= 0.3 is 0 Å². The Kier molecular flexibility index (Phi) is 3.82. The van der Waals surface area contributed by atoms with Gasteiger partial charge in [0.15, 0.2) is 0 Å². The number of thiazole rings is 1. The molecule has 1 saturated heterocycles. The van der Waals surface area contributed by atoms with Gasteiger partial charge in [0.25, 0.3) is 5.91 Å². The quantitative estimate of drug-likeness (QED) is 0.855. The number of rotatable bonds is 2. The Balaban J connectivity index is 1.93. The predicted octanol–water partition coefficient (Wildman–Crippen LogP) is 2.31. The van der Waals surface area contributed by atoms with Crippen molar-refractivity contribution in [3.05, 3.63) is 39.6 Å². The van der Waals surface area contributed by atoms with Crippen LogP contribution in [-0.4, -0.2) is 40.1 Å². The van der Waals surface area contributed by atoms with E-state index in [1.165, 1.54) is 11.3 Å². The number of morpholine rings is 1. The van der Waals surface area contributed by atoms with Crippen LogP contribution in [0.2, 0.25) is 0 Å². The molecule has 0 radical (unpaired) electrons. The number of hydrogen-bond donors (Lipinski definition) is 0. The minimum Gasteiger partial charge on any atom is -0.377 e. The van der Waals surface area contributed by atoms with Gasteiger partial charge in [0.1, 0.15) is 4.88 Å². The molecule has 2 aromatic rings. The molecule has 6 heteroatoms. The summed E-state index contributed by atoms with van der Waals surface area (Å²) < 4.78 is 7.64. The van der Waals surface area contributed by atoms with Gasteiger partial charge in [-0.15, -0.1) is 11.3 Å². The summed E-state index contributed by atoms with van der Waals surface area (Å²) in [5.41, 5.74) is 1.92. The summed E-state index contributed by atoms with van der Waals surface area (Å²) >= 11 is 1.47. The van der Waals surface area contributed by atoms with Crippen LogP contribution in [0.15, 0.2) is 18.3 Å². The van der Waals surface area contributed by atoms with Crippen LogP contribution in [0.5, 0.6) is 0 Å². The number of carbonyl (C=O) groups is 1. The van der Waals surface area contributed by atoms with Crippen LogP contribution < -0.4 is 0 Å². The Hall–Kier alpha value is -1.66. The van der Waals surface area contributed by atoms with Gasteiger partial charge in [0.2, 0.25) is 0 Å². The fraction of sp³-hybridized carbons (Fsp3) is 0.467. The fourth-order valence-corrected chi connectivity index (χ4v) is 3.65. The second kappa shape index (κ2) is 5.61. The van der Waals surface area contributed by atoms with Crippen molar-refractivity contribution in [1.29, 1.82) is 0 Å². The number of aryl methyl sites for hydroxylation is 3. The average Bonchev–Trinajstić information content (AvgIpc) is 3.03. The Labute approximate surface area is 128 Å². The lowest BCUT2D eigenvalue weighted by molar-refractivity contribution is -0.00442. The lowest BCUT2D eigenvalue weighted by Crippen LogP contribution is -2.44. The van der Waals surface area contributed by atoms with Gasteiger partial charge in [0, 0.05) is 25.5 Å². The van der Waals surface area contributed by atoms with Crippen molar-refractivity contribution < 1.29 is 9.53 Å². The van der Waals surface area contributed by atoms with Crippen LogP contribution >= 0.6 is 11.3 Å². The third-order valence-corrected chi connectivity index (χ3v) is 4.87. The smallest absolute Gasteiger partial charge is 0.266 e. The molecule has 1 amide bonds. The first-order chi connectivity index (χ1) is 10.1. The molecule has 1 atom stereocenters. The number of carbonyl (C=O) groups excluding carboxylic acids is 1. The van der Waals surface area contributed by atoms with E-state index in [0.717, 1.165) is 21.3 Å². The number of nitrogens with zero attached hydrogens (tertiary/aromatic N) is 3. The molecule has 0 N–H and O–H groups in total. The van der Waals surface area contributed by atoms with Crippen molar-refractivity contribution in [3.63, 3.8) is 0 Å². The van der Waals surface area contributed by atoms with E-state index in [0.29, 0.717) is 19.8 Å². The van der Waals surface area contributed by atoms with Crippen molar-refractivity contribution in [3.8, 4) is 0 Å². The number of amides is 1. The van der Waals surface area contributed by atoms with E-state index in [4.69, 9.17) is 4.74 Å². The predicted molar refractivity (Wildman–Crippen MR) is 81.6 cm³/mol. The SMILES string of the molecule is Cc1nc(C)c(C(=O)N2CCOCC2c2cccn2C)s1. The maximum absolute atomic E-state index is 12.9. The molecule has 1 aliphatic rings. The van der Waals surface area contributed by atoms with E-state index in [1.807, 2.05) is 48.7 Å². The van der Waals surface area contributed by atoms with Gasteiger partial charge in [-0.2, -0.15) is 0 Å². The maximum atomic E-state index is 12.9. The molecule has 5 nitrogen and oxygen atoms in total. The molecule has 0 saturated carbocycles. The molecular weight excluding hydrogens is 286 g/mol. The molecule has 1 aliphatic heterocycles. The highest BCUT2D eigenvalue weighted by Crippen LogP contribution is 2.28. The van der Waals surface area contributed by atoms with E-state index < -0.39 is 0 Å². The molecule has 0 aliphatic carbocycles. The first kappa shape index (κ1) is 14.3. The summed E-state index contributed by atoms with van der Waals surface area (Å²) in [6.07, 6.45) is 1.99. The summed E-state index contributed by atoms with van der Waals surface area (Å²) in [5, 5.41) is 0.930. The Bertz CT molecular complexity index is 662. The summed E-state index contributed by atoms with van der Waals surface area (Å²) in [6, 6.07) is 4.01. The van der Waals surface area contributed by atoms with Gasteiger partial charge in [-0.05, 0) is 26.0 Å². The third-order valence-electron chi connectivity index (χ3n) is 3.81. The number of ether oxygens (including phenoxy) is 1. The zero-order chi connectivity index (χ0) is 15.0. The third kappa shape index (κ3) is 2.61. The van der Waals surface area contributed by atoms with Crippen LogP contribution in [0.3, 0.4) is 0 Å². The Morgan fingerprint density at radius 2 is 2.29 bits per heavy atom. The van der Waals surface area contributed by atoms with Gasteiger partial charge in [-0.25, -0.2) is 4.98 Å². The fourth-order valence-electron chi connectivity index (χ4n) is 2.77. The zero-order valence-corrected chi connectivity index (χ0v) is 13.3. The molecule has 112 valence electrons. The lowest BCUT2D eigenvalue weighted by atomic mass is 10.1. The Morgan fingerprint density at radius 3 is 2.90 bits per heavy atom.